The molecule has 2 heterocycles. The molecular formula is C13H21NO4. The molecular weight excluding hydrogens is 234 g/mol. The van der Waals surface area contributed by atoms with Gasteiger partial charge in [-0.1, -0.05) is 0 Å². The third-order valence-corrected chi connectivity index (χ3v) is 3.82. The largest absolute Gasteiger partial charge is 0.464 e. The number of carbonyl (C=O) groups is 2. The zero-order chi connectivity index (χ0) is 13.4. The maximum Gasteiger partial charge on any atom is 0.329 e. The number of hydrogen-bond acceptors (Lipinski definition) is 4. The molecule has 2 rings (SSSR count). The van der Waals surface area contributed by atoms with Gasteiger partial charge in [0.2, 0.25) is 5.91 Å². The van der Waals surface area contributed by atoms with Crippen molar-refractivity contribution in [2.75, 3.05) is 13.2 Å². The van der Waals surface area contributed by atoms with Crippen molar-refractivity contribution in [3.05, 3.63) is 0 Å². The highest BCUT2D eigenvalue weighted by atomic mass is 16.5. The summed E-state index contributed by atoms with van der Waals surface area (Å²) in [5.74, 6) is -0.383. The Morgan fingerprint density at radius 2 is 2.28 bits per heavy atom. The lowest BCUT2D eigenvalue weighted by Crippen LogP contribution is -2.51. The van der Waals surface area contributed by atoms with Crippen LogP contribution in [0, 0.1) is 5.41 Å². The number of esters is 1. The smallest absolute Gasteiger partial charge is 0.329 e. The van der Waals surface area contributed by atoms with E-state index in [0.29, 0.717) is 26.1 Å². The van der Waals surface area contributed by atoms with Gasteiger partial charge in [-0.2, -0.15) is 0 Å². The monoisotopic (exact) mass is 255 g/mol. The van der Waals surface area contributed by atoms with Gasteiger partial charge in [0, 0.05) is 18.4 Å². The Morgan fingerprint density at radius 3 is 2.89 bits per heavy atom. The average Bonchev–Trinajstić information content (AvgIpc) is 2.53. The first-order chi connectivity index (χ1) is 8.38. The molecule has 2 unspecified atom stereocenters. The first-order valence-electron chi connectivity index (χ1n) is 6.48. The summed E-state index contributed by atoms with van der Waals surface area (Å²) in [6.45, 7) is 6.69. The van der Waals surface area contributed by atoms with Crippen LogP contribution >= 0.6 is 0 Å². The van der Waals surface area contributed by atoms with Crippen LogP contribution in [0.2, 0.25) is 0 Å². The van der Waals surface area contributed by atoms with Gasteiger partial charge in [0.05, 0.1) is 12.2 Å². The first-order valence-corrected chi connectivity index (χ1v) is 6.48. The van der Waals surface area contributed by atoms with Crippen LogP contribution in [0.15, 0.2) is 0 Å². The molecule has 2 saturated heterocycles. The van der Waals surface area contributed by atoms with E-state index in [1.54, 1.807) is 6.92 Å². The summed E-state index contributed by atoms with van der Waals surface area (Å²) in [5.41, 5.74) is -0.639. The highest BCUT2D eigenvalue weighted by Crippen LogP contribution is 2.47. The van der Waals surface area contributed by atoms with E-state index in [2.05, 4.69) is 5.32 Å². The summed E-state index contributed by atoms with van der Waals surface area (Å²) in [4.78, 5) is 23.7. The number of nitrogens with one attached hydrogen (secondary N) is 1. The summed E-state index contributed by atoms with van der Waals surface area (Å²) >= 11 is 0. The fourth-order valence-electron chi connectivity index (χ4n) is 3.24. The van der Waals surface area contributed by atoms with Gasteiger partial charge in [0.15, 0.2) is 0 Å². The van der Waals surface area contributed by atoms with E-state index in [1.807, 2.05) is 13.8 Å². The fraction of sp³-hybridized carbons (Fsp3) is 0.846. The van der Waals surface area contributed by atoms with Crippen LogP contribution in [0.1, 0.15) is 40.0 Å². The molecule has 5 nitrogen and oxygen atoms in total. The first kappa shape index (κ1) is 13.3. The van der Waals surface area contributed by atoms with Crippen LogP contribution in [-0.2, 0) is 19.1 Å². The normalized spacial score (nSPS) is 34.4. The quantitative estimate of drug-likeness (QED) is 0.748. The van der Waals surface area contributed by atoms with E-state index < -0.39 is 6.04 Å². The van der Waals surface area contributed by atoms with Gasteiger partial charge in [0.1, 0.15) is 6.04 Å². The predicted molar refractivity (Wildman–Crippen MR) is 64.9 cm³/mol. The summed E-state index contributed by atoms with van der Waals surface area (Å²) in [6, 6.07) is -0.520. The molecule has 0 bridgehead atoms. The zero-order valence-electron chi connectivity index (χ0n) is 11.2. The lowest BCUT2D eigenvalue weighted by molar-refractivity contribution is -0.155. The van der Waals surface area contributed by atoms with Crippen LogP contribution in [0.5, 0.6) is 0 Å². The minimum atomic E-state index is -0.520. The average molecular weight is 255 g/mol. The van der Waals surface area contributed by atoms with E-state index in [4.69, 9.17) is 9.47 Å². The van der Waals surface area contributed by atoms with Gasteiger partial charge in [0.25, 0.3) is 0 Å². The maximum atomic E-state index is 12.0. The topological polar surface area (TPSA) is 64.6 Å². The second-order valence-electron chi connectivity index (χ2n) is 5.83. The van der Waals surface area contributed by atoms with Crippen molar-refractivity contribution in [2.45, 2.75) is 51.7 Å². The highest BCUT2D eigenvalue weighted by Gasteiger charge is 2.55. The number of amides is 1. The van der Waals surface area contributed by atoms with E-state index in [1.165, 1.54) is 0 Å². The lowest BCUT2D eigenvalue weighted by atomic mass is 9.69. The van der Waals surface area contributed by atoms with Gasteiger partial charge in [-0.15, -0.1) is 0 Å². The molecule has 102 valence electrons. The Bertz CT molecular complexity index is 366. The molecule has 0 aromatic rings. The molecule has 2 fully saturated rings. The van der Waals surface area contributed by atoms with E-state index in [9.17, 15) is 9.59 Å². The number of ether oxygens (including phenoxy) is 2. The Labute approximate surface area is 107 Å². The lowest BCUT2D eigenvalue weighted by Gasteiger charge is -2.44. The van der Waals surface area contributed by atoms with Crippen molar-refractivity contribution in [2.24, 2.45) is 5.41 Å². The number of hydrogen-bond donors (Lipinski definition) is 1. The Hall–Kier alpha value is -1.10. The minimum Gasteiger partial charge on any atom is -0.464 e. The van der Waals surface area contributed by atoms with Crippen LogP contribution in [0.4, 0.5) is 0 Å². The minimum absolute atomic E-state index is 0.0641. The molecule has 2 atom stereocenters. The third kappa shape index (κ3) is 2.36. The molecule has 0 aromatic carbocycles. The molecule has 5 heteroatoms. The molecule has 2 aliphatic rings. The SMILES string of the molecule is CCOC(=O)C1NC(=O)CC12CCOC(C)(C)C2. The molecule has 0 saturated carbocycles. The van der Waals surface area contributed by atoms with Crippen LogP contribution < -0.4 is 5.32 Å². The Morgan fingerprint density at radius 1 is 1.56 bits per heavy atom. The molecule has 1 amide bonds. The standard InChI is InChI=1S/C13H21NO4/c1-4-17-11(16)10-13(7-9(15)14-10)5-6-18-12(2,3)8-13/h10H,4-8H2,1-3H3,(H,14,15). The van der Waals surface area contributed by atoms with Crippen molar-refractivity contribution >= 4 is 11.9 Å². The van der Waals surface area contributed by atoms with E-state index in [0.717, 1.165) is 6.42 Å². The Kier molecular flexibility index (Phi) is 3.36. The molecule has 0 aliphatic carbocycles. The maximum absolute atomic E-state index is 12.0. The van der Waals surface area contributed by atoms with Crippen LogP contribution in [0.25, 0.3) is 0 Å². The van der Waals surface area contributed by atoms with E-state index in [-0.39, 0.29) is 22.9 Å². The summed E-state index contributed by atoms with van der Waals surface area (Å²) in [6.07, 6.45) is 1.81. The van der Waals surface area contributed by atoms with Gasteiger partial charge in [-0.25, -0.2) is 4.79 Å². The van der Waals surface area contributed by atoms with E-state index >= 15 is 0 Å². The molecule has 1 spiro atoms. The van der Waals surface area contributed by atoms with Crippen molar-refractivity contribution < 1.29 is 19.1 Å². The second kappa shape index (κ2) is 4.53. The number of rotatable bonds is 2. The molecule has 0 radical (unpaired) electrons. The van der Waals surface area contributed by atoms with Crippen LogP contribution in [0.3, 0.4) is 0 Å². The summed E-state index contributed by atoms with van der Waals surface area (Å²) in [5, 5.41) is 2.77. The van der Waals surface area contributed by atoms with Crippen molar-refractivity contribution in [3.63, 3.8) is 0 Å². The van der Waals surface area contributed by atoms with Gasteiger partial charge >= 0.3 is 5.97 Å². The van der Waals surface area contributed by atoms with Gasteiger partial charge in [-0.05, 0) is 33.6 Å². The number of carbonyl (C=O) groups excluding carboxylic acids is 2. The van der Waals surface area contributed by atoms with Gasteiger partial charge in [-0.3, -0.25) is 4.79 Å². The van der Waals surface area contributed by atoms with Crippen LogP contribution in [-0.4, -0.2) is 36.7 Å². The molecule has 0 aromatic heterocycles. The predicted octanol–water partition coefficient (Wildman–Crippen LogP) is 1.01. The zero-order valence-corrected chi connectivity index (χ0v) is 11.2. The van der Waals surface area contributed by atoms with Crippen molar-refractivity contribution in [3.8, 4) is 0 Å². The second-order valence-corrected chi connectivity index (χ2v) is 5.83. The highest BCUT2D eigenvalue weighted by molar-refractivity contribution is 5.90. The molecule has 18 heavy (non-hydrogen) atoms. The van der Waals surface area contributed by atoms with Crippen molar-refractivity contribution in [1.82, 2.24) is 5.32 Å². The molecule has 1 N–H and O–H groups in total. The fourth-order valence-corrected chi connectivity index (χ4v) is 3.24. The van der Waals surface area contributed by atoms with Gasteiger partial charge < -0.3 is 14.8 Å². The van der Waals surface area contributed by atoms with Crippen molar-refractivity contribution in [1.29, 1.82) is 0 Å². The summed E-state index contributed by atoms with van der Waals surface area (Å²) in [7, 11) is 0. The molecule has 2 aliphatic heterocycles. The Balaban J connectivity index is 2.22. The summed E-state index contributed by atoms with van der Waals surface area (Å²) < 4.78 is 10.8. The third-order valence-electron chi connectivity index (χ3n) is 3.82.